The standard InChI is InChI=1S/C13H21N3O3S/c1-4-13(5-2,6-3)16-12(19)14-7-10-15-9(8-20-10)11(17)18/h8H,4-7H2,1-3H3,(H,17,18)(H2,14,16,19). The molecule has 0 aromatic carbocycles. The van der Waals surface area contributed by atoms with Crippen LogP contribution in [-0.2, 0) is 6.54 Å². The Hall–Kier alpha value is -1.63. The van der Waals surface area contributed by atoms with E-state index >= 15 is 0 Å². The van der Waals surface area contributed by atoms with E-state index in [0.717, 1.165) is 19.3 Å². The number of nitrogens with zero attached hydrogens (tertiary/aromatic N) is 1. The summed E-state index contributed by atoms with van der Waals surface area (Å²) in [5, 5.41) is 16.5. The Morgan fingerprint density at radius 1 is 1.30 bits per heavy atom. The zero-order chi connectivity index (χ0) is 15.2. The van der Waals surface area contributed by atoms with Crippen molar-refractivity contribution in [2.45, 2.75) is 52.1 Å². The summed E-state index contributed by atoms with van der Waals surface area (Å²) in [5.74, 6) is -1.06. The van der Waals surface area contributed by atoms with Crippen LogP contribution < -0.4 is 10.6 Å². The fraction of sp³-hybridized carbons (Fsp3) is 0.615. The first-order valence-corrected chi connectivity index (χ1v) is 7.58. The van der Waals surface area contributed by atoms with Crippen LogP contribution in [0.25, 0.3) is 0 Å². The number of thiazole rings is 1. The minimum atomic E-state index is -1.06. The molecule has 0 fully saturated rings. The van der Waals surface area contributed by atoms with Gasteiger partial charge in [-0.1, -0.05) is 20.8 Å². The Kier molecular flexibility index (Phi) is 5.94. The number of nitrogens with one attached hydrogen (secondary N) is 2. The van der Waals surface area contributed by atoms with E-state index in [1.54, 1.807) is 0 Å². The average molecular weight is 299 g/mol. The molecule has 1 aromatic rings. The molecule has 20 heavy (non-hydrogen) atoms. The van der Waals surface area contributed by atoms with E-state index in [1.807, 2.05) is 20.8 Å². The minimum absolute atomic E-state index is 0.0113. The van der Waals surface area contributed by atoms with Gasteiger partial charge in [0.15, 0.2) is 5.69 Å². The molecular weight excluding hydrogens is 278 g/mol. The van der Waals surface area contributed by atoms with Crippen LogP contribution in [0, 0.1) is 0 Å². The Morgan fingerprint density at radius 2 is 1.90 bits per heavy atom. The molecule has 112 valence electrons. The fourth-order valence-corrected chi connectivity index (χ4v) is 2.65. The number of carbonyl (C=O) groups is 2. The highest BCUT2D eigenvalue weighted by Crippen LogP contribution is 2.19. The summed E-state index contributed by atoms with van der Waals surface area (Å²) in [6.07, 6.45) is 2.61. The van der Waals surface area contributed by atoms with Gasteiger partial charge in [-0.3, -0.25) is 0 Å². The van der Waals surface area contributed by atoms with Gasteiger partial charge in [-0.25, -0.2) is 14.6 Å². The van der Waals surface area contributed by atoms with Gasteiger partial charge in [0.2, 0.25) is 0 Å². The quantitative estimate of drug-likeness (QED) is 0.721. The van der Waals surface area contributed by atoms with Crippen molar-refractivity contribution in [2.24, 2.45) is 0 Å². The molecule has 0 atom stereocenters. The lowest BCUT2D eigenvalue weighted by Gasteiger charge is -2.31. The van der Waals surface area contributed by atoms with Gasteiger partial charge in [0, 0.05) is 10.9 Å². The number of rotatable bonds is 7. The van der Waals surface area contributed by atoms with Crippen LogP contribution in [0.5, 0.6) is 0 Å². The Labute approximate surface area is 122 Å². The Morgan fingerprint density at radius 3 is 2.35 bits per heavy atom. The van der Waals surface area contributed by atoms with Gasteiger partial charge >= 0.3 is 12.0 Å². The van der Waals surface area contributed by atoms with Gasteiger partial charge in [-0.05, 0) is 19.3 Å². The molecule has 1 rings (SSSR count). The smallest absolute Gasteiger partial charge is 0.355 e. The summed E-state index contributed by atoms with van der Waals surface area (Å²) >= 11 is 1.22. The lowest BCUT2D eigenvalue weighted by molar-refractivity contribution is 0.0691. The number of carboxylic acids is 1. The molecule has 1 heterocycles. The van der Waals surface area contributed by atoms with Crippen molar-refractivity contribution in [1.29, 1.82) is 0 Å². The maximum Gasteiger partial charge on any atom is 0.355 e. The third-order valence-corrected chi connectivity index (χ3v) is 4.43. The van der Waals surface area contributed by atoms with Gasteiger partial charge in [-0.2, -0.15) is 0 Å². The van der Waals surface area contributed by atoms with Gasteiger partial charge in [0.1, 0.15) is 5.01 Å². The van der Waals surface area contributed by atoms with E-state index in [9.17, 15) is 9.59 Å². The second-order valence-corrected chi connectivity index (χ2v) is 5.52. The first-order valence-electron chi connectivity index (χ1n) is 6.70. The number of hydrogen-bond donors (Lipinski definition) is 3. The molecule has 0 saturated carbocycles. The molecule has 0 unspecified atom stereocenters. The van der Waals surface area contributed by atoms with Crippen molar-refractivity contribution in [3.63, 3.8) is 0 Å². The Bertz CT molecular complexity index is 461. The van der Waals surface area contributed by atoms with E-state index in [-0.39, 0.29) is 23.8 Å². The average Bonchev–Trinajstić information content (AvgIpc) is 2.92. The molecule has 0 spiro atoms. The number of urea groups is 1. The highest BCUT2D eigenvalue weighted by molar-refractivity contribution is 7.09. The molecule has 1 aromatic heterocycles. The van der Waals surface area contributed by atoms with Gasteiger partial charge in [0.25, 0.3) is 0 Å². The fourth-order valence-electron chi connectivity index (χ4n) is 1.95. The van der Waals surface area contributed by atoms with Crippen molar-refractivity contribution >= 4 is 23.3 Å². The molecule has 0 bridgehead atoms. The van der Waals surface area contributed by atoms with Crippen LogP contribution in [-0.4, -0.2) is 27.6 Å². The molecule has 3 N–H and O–H groups in total. The highest BCUT2D eigenvalue weighted by atomic mass is 32.1. The first kappa shape index (κ1) is 16.4. The molecule has 0 aliphatic carbocycles. The zero-order valence-corrected chi connectivity index (χ0v) is 12.8. The van der Waals surface area contributed by atoms with Crippen LogP contribution in [0.3, 0.4) is 0 Å². The number of amides is 2. The van der Waals surface area contributed by atoms with E-state index in [4.69, 9.17) is 5.11 Å². The first-order chi connectivity index (χ1) is 9.46. The van der Waals surface area contributed by atoms with Crippen molar-refractivity contribution < 1.29 is 14.7 Å². The topological polar surface area (TPSA) is 91.3 Å². The minimum Gasteiger partial charge on any atom is -0.476 e. The van der Waals surface area contributed by atoms with E-state index in [1.165, 1.54) is 16.7 Å². The highest BCUT2D eigenvalue weighted by Gasteiger charge is 2.25. The number of aromatic carboxylic acids is 1. The summed E-state index contributed by atoms with van der Waals surface area (Å²) in [4.78, 5) is 26.5. The SMILES string of the molecule is CCC(CC)(CC)NC(=O)NCc1nc(C(=O)O)cs1. The van der Waals surface area contributed by atoms with Gasteiger partial charge in [0.05, 0.1) is 6.54 Å². The monoisotopic (exact) mass is 299 g/mol. The van der Waals surface area contributed by atoms with Gasteiger partial charge in [-0.15, -0.1) is 11.3 Å². The van der Waals surface area contributed by atoms with Crippen LogP contribution in [0.15, 0.2) is 5.38 Å². The molecule has 0 aliphatic heterocycles. The van der Waals surface area contributed by atoms with E-state index in [2.05, 4.69) is 15.6 Å². The molecule has 0 saturated heterocycles. The normalized spacial score (nSPS) is 11.2. The summed E-state index contributed by atoms with van der Waals surface area (Å²) < 4.78 is 0. The molecule has 6 nitrogen and oxygen atoms in total. The molecule has 0 radical (unpaired) electrons. The van der Waals surface area contributed by atoms with Crippen molar-refractivity contribution in [2.75, 3.05) is 0 Å². The molecule has 0 aliphatic rings. The number of aromatic nitrogens is 1. The predicted octanol–water partition coefficient (Wildman–Crippen LogP) is 2.61. The third kappa shape index (κ3) is 4.19. The molecule has 2 amide bonds. The van der Waals surface area contributed by atoms with E-state index in [0.29, 0.717) is 5.01 Å². The number of carbonyl (C=O) groups excluding carboxylic acids is 1. The Balaban J connectivity index is 2.52. The van der Waals surface area contributed by atoms with Crippen LogP contribution in [0.4, 0.5) is 4.79 Å². The maximum atomic E-state index is 11.9. The van der Waals surface area contributed by atoms with Gasteiger partial charge < -0.3 is 15.7 Å². The van der Waals surface area contributed by atoms with E-state index < -0.39 is 5.97 Å². The summed E-state index contributed by atoms with van der Waals surface area (Å²) in [6.45, 7) is 6.38. The lowest BCUT2D eigenvalue weighted by Crippen LogP contribution is -2.51. The third-order valence-electron chi connectivity index (χ3n) is 3.58. The summed E-state index contributed by atoms with van der Waals surface area (Å²) in [5.41, 5.74) is -0.170. The number of carboxylic acid groups (broad SMARTS) is 1. The van der Waals surface area contributed by atoms with Crippen LogP contribution >= 0.6 is 11.3 Å². The number of hydrogen-bond acceptors (Lipinski definition) is 4. The summed E-state index contributed by atoms with van der Waals surface area (Å²) in [6, 6.07) is -0.248. The molecule has 7 heteroatoms. The molecular formula is C13H21N3O3S. The van der Waals surface area contributed by atoms with Crippen molar-refractivity contribution in [1.82, 2.24) is 15.6 Å². The van der Waals surface area contributed by atoms with Crippen LogP contribution in [0.2, 0.25) is 0 Å². The second kappa shape index (κ2) is 7.23. The van der Waals surface area contributed by atoms with Crippen LogP contribution in [0.1, 0.15) is 55.5 Å². The summed E-state index contributed by atoms with van der Waals surface area (Å²) in [7, 11) is 0. The lowest BCUT2D eigenvalue weighted by atomic mass is 9.90. The van der Waals surface area contributed by atoms with Crippen molar-refractivity contribution in [3.05, 3.63) is 16.1 Å². The largest absolute Gasteiger partial charge is 0.476 e. The zero-order valence-electron chi connectivity index (χ0n) is 12.0. The predicted molar refractivity (Wildman–Crippen MR) is 78.0 cm³/mol. The maximum absolute atomic E-state index is 11.9. The van der Waals surface area contributed by atoms with Crippen molar-refractivity contribution in [3.8, 4) is 0 Å². The second-order valence-electron chi connectivity index (χ2n) is 4.58.